The van der Waals surface area contributed by atoms with Gasteiger partial charge in [0.1, 0.15) is 17.6 Å². The predicted octanol–water partition coefficient (Wildman–Crippen LogP) is 4.12. The van der Waals surface area contributed by atoms with E-state index >= 15 is 0 Å². The third kappa shape index (κ3) is 3.64. The summed E-state index contributed by atoms with van der Waals surface area (Å²) in [5.74, 6) is -1.87. The van der Waals surface area contributed by atoms with Gasteiger partial charge in [-0.05, 0) is 44.7 Å². The van der Waals surface area contributed by atoms with E-state index in [1.165, 1.54) is 11.8 Å². The molecule has 1 fully saturated rings. The van der Waals surface area contributed by atoms with Crippen molar-refractivity contribution >= 4 is 29.2 Å². The molecule has 1 aliphatic carbocycles. The van der Waals surface area contributed by atoms with Gasteiger partial charge in [0.15, 0.2) is 23.3 Å². The summed E-state index contributed by atoms with van der Waals surface area (Å²) >= 11 is 1.37. The second-order valence-corrected chi connectivity index (χ2v) is 9.44. The summed E-state index contributed by atoms with van der Waals surface area (Å²) in [5.41, 5.74) is 1.51. The molecular formula is C21H23F3N4OS. The highest BCUT2D eigenvalue weighted by Crippen LogP contribution is 2.43. The number of hydrogen-bond donors (Lipinski definition) is 0. The number of aromatic nitrogens is 2. The lowest BCUT2D eigenvalue weighted by Crippen LogP contribution is -2.50. The predicted molar refractivity (Wildman–Crippen MR) is 110 cm³/mol. The zero-order chi connectivity index (χ0) is 21.7. The number of carbonyl (C=O) groups excluding carboxylic acids is 1. The molecule has 1 amide bonds. The van der Waals surface area contributed by atoms with Crippen molar-refractivity contribution in [2.75, 3.05) is 23.9 Å². The fourth-order valence-corrected chi connectivity index (χ4v) is 5.53. The third-order valence-corrected chi connectivity index (χ3v) is 7.17. The number of likely N-dealkylation sites (N-methyl/N-ethyl adjacent to an activating group) is 2. The minimum atomic E-state index is -1.43. The van der Waals surface area contributed by atoms with Crippen LogP contribution in [0.5, 0.6) is 0 Å². The molecular weight excluding hydrogens is 413 g/mol. The minimum Gasteiger partial charge on any atom is -0.346 e. The average Bonchev–Trinajstić information content (AvgIpc) is 2.66. The van der Waals surface area contributed by atoms with Crippen molar-refractivity contribution in [3.63, 3.8) is 0 Å². The Labute approximate surface area is 177 Å². The molecule has 160 valence electrons. The fraction of sp³-hybridized carbons (Fsp3) is 0.476. The van der Waals surface area contributed by atoms with Crippen molar-refractivity contribution in [3.8, 4) is 0 Å². The van der Waals surface area contributed by atoms with Gasteiger partial charge in [0.05, 0.1) is 5.69 Å². The molecule has 0 N–H and O–H groups in total. The third-order valence-electron chi connectivity index (χ3n) is 5.95. The van der Waals surface area contributed by atoms with Gasteiger partial charge in [-0.2, -0.15) is 0 Å². The van der Waals surface area contributed by atoms with Gasteiger partial charge in [-0.15, -0.1) is 11.8 Å². The molecule has 2 heterocycles. The number of hydrogen-bond acceptors (Lipinski definition) is 5. The van der Waals surface area contributed by atoms with Crippen LogP contribution in [0, 0.1) is 30.3 Å². The van der Waals surface area contributed by atoms with Crippen molar-refractivity contribution in [2.24, 2.45) is 5.92 Å². The van der Waals surface area contributed by atoms with E-state index in [2.05, 4.69) is 4.98 Å². The molecule has 1 aliphatic heterocycles. The first-order valence-corrected chi connectivity index (χ1v) is 10.7. The summed E-state index contributed by atoms with van der Waals surface area (Å²) in [4.78, 5) is 25.6. The van der Waals surface area contributed by atoms with Crippen molar-refractivity contribution in [2.45, 2.75) is 49.3 Å². The van der Waals surface area contributed by atoms with Crippen LogP contribution in [0.4, 0.5) is 24.7 Å². The van der Waals surface area contributed by atoms with Crippen LogP contribution < -0.4 is 9.80 Å². The minimum absolute atomic E-state index is 0.0111. The molecule has 0 radical (unpaired) electrons. The highest BCUT2D eigenvalue weighted by atomic mass is 32.2. The summed E-state index contributed by atoms with van der Waals surface area (Å²) in [7, 11) is 3.61. The number of carbonyl (C=O) groups is 1. The molecule has 1 saturated carbocycles. The Kier molecular flexibility index (Phi) is 5.42. The summed E-state index contributed by atoms with van der Waals surface area (Å²) in [6, 6.07) is 1.80. The highest BCUT2D eigenvalue weighted by Gasteiger charge is 2.36. The topological polar surface area (TPSA) is 49.3 Å². The molecule has 4 rings (SSSR count). The van der Waals surface area contributed by atoms with Gasteiger partial charge in [-0.25, -0.2) is 23.1 Å². The largest absolute Gasteiger partial charge is 0.346 e. The number of aryl methyl sites for hydroxylation is 1. The maximum Gasteiger partial charge on any atom is 0.249 e. The van der Waals surface area contributed by atoms with E-state index < -0.39 is 17.5 Å². The first-order chi connectivity index (χ1) is 14.2. The number of halogens is 3. The highest BCUT2D eigenvalue weighted by molar-refractivity contribution is 8.00. The van der Waals surface area contributed by atoms with Gasteiger partial charge in [0, 0.05) is 30.7 Å². The van der Waals surface area contributed by atoms with Gasteiger partial charge < -0.3 is 9.80 Å². The Morgan fingerprint density at radius 2 is 1.77 bits per heavy atom. The average molecular weight is 437 g/mol. The van der Waals surface area contributed by atoms with E-state index in [0.29, 0.717) is 17.2 Å². The first-order valence-electron chi connectivity index (χ1n) is 9.84. The van der Waals surface area contributed by atoms with Gasteiger partial charge in [-0.1, -0.05) is 0 Å². The SMILES string of the molecule is Cc1nc(CC2CC(Sc3cc(F)c(F)c(F)c3)C2)nc2c1N(C)C(=O)[C@H](C)N2C. The second-order valence-electron chi connectivity index (χ2n) is 8.06. The smallest absolute Gasteiger partial charge is 0.249 e. The molecule has 1 aromatic heterocycles. The summed E-state index contributed by atoms with van der Waals surface area (Å²) in [6.07, 6.45) is 2.45. The van der Waals surface area contributed by atoms with Crippen LogP contribution in [-0.4, -0.2) is 41.3 Å². The lowest BCUT2D eigenvalue weighted by atomic mass is 9.82. The fourth-order valence-electron chi connectivity index (χ4n) is 4.07. The number of benzene rings is 1. The zero-order valence-electron chi connectivity index (χ0n) is 17.2. The molecule has 0 unspecified atom stereocenters. The van der Waals surface area contributed by atoms with E-state index in [1.54, 1.807) is 11.9 Å². The lowest BCUT2D eigenvalue weighted by Gasteiger charge is -2.38. The van der Waals surface area contributed by atoms with Crippen LogP contribution >= 0.6 is 11.8 Å². The van der Waals surface area contributed by atoms with Gasteiger partial charge in [0.25, 0.3) is 0 Å². The van der Waals surface area contributed by atoms with Crippen LogP contribution in [0.25, 0.3) is 0 Å². The maximum absolute atomic E-state index is 13.4. The van der Waals surface area contributed by atoms with E-state index in [-0.39, 0.29) is 17.2 Å². The number of nitrogens with zero attached hydrogens (tertiary/aromatic N) is 4. The Bertz CT molecular complexity index is 989. The van der Waals surface area contributed by atoms with Crippen molar-refractivity contribution < 1.29 is 18.0 Å². The Balaban J connectivity index is 1.42. The standard InChI is InChI=1S/C21H23F3N4OS/c1-10-19-20(27(3)11(2)21(29)28(19)4)26-17(25-10)7-12-5-13(6-12)30-14-8-15(22)18(24)16(23)9-14/h8-9,11-13H,5-7H2,1-4H3/t11-,12?,13?/m0/s1. The van der Waals surface area contributed by atoms with Crippen LogP contribution in [0.15, 0.2) is 17.0 Å². The zero-order valence-corrected chi connectivity index (χ0v) is 18.1. The normalized spacial score (nSPS) is 23.4. The lowest BCUT2D eigenvalue weighted by molar-refractivity contribution is -0.119. The molecule has 0 saturated heterocycles. The quantitative estimate of drug-likeness (QED) is 0.675. The van der Waals surface area contributed by atoms with Crippen LogP contribution in [0.3, 0.4) is 0 Å². The molecule has 1 atom stereocenters. The van der Waals surface area contributed by atoms with Gasteiger partial charge in [0.2, 0.25) is 5.91 Å². The van der Waals surface area contributed by atoms with Crippen LogP contribution in [-0.2, 0) is 11.2 Å². The summed E-state index contributed by atoms with van der Waals surface area (Å²) < 4.78 is 39.9. The van der Waals surface area contributed by atoms with E-state index in [4.69, 9.17) is 4.98 Å². The molecule has 2 aliphatic rings. The number of thioether (sulfide) groups is 1. The maximum atomic E-state index is 13.4. The van der Waals surface area contributed by atoms with E-state index in [0.717, 1.165) is 48.0 Å². The second kappa shape index (κ2) is 7.76. The Morgan fingerprint density at radius 1 is 1.13 bits per heavy atom. The molecule has 9 heteroatoms. The molecule has 30 heavy (non-hydrogen) atoms. The molecule has 2 aromatic rings. The number of fused-ring (bicyclic) bond motifs is 1. The number of amides is 1. The summed E-state index contributed by atoms with van der Waals surface area (Å²) in [5, 5.41) is 0.226. The Hall–Kier alpha value is -2.29. The monoisotopic (exact) mass is 436 g/mol. The van der Waals surface area contributed by atoms with E-state index in [9.17, 15) is 18.0 Å². The Morgan fingerprint density at radius 3 is 2.40 bits per heavy atom. The van der Waals surface area contributed by atoms with E-state index in [1.807, 2.05) is 25.8 Å². The van der Waals surface area contributed by atoms with Gasteiger partial charge >= 0.3 is 0 Å². The molecule has 1 aromatic carbocycles. The van der Waals surface area contributed by atoms with Crippen molar-refractivity contribution in [1.29, 1.82) is 0 Å². The van der Waals surface area contributed by atoms with Crippen molar-refractivity contribution in [1.82, 2.24) is 9.97 Å². The summed E-state index contributed by atoms with van der Waals surface area (Å²) in [6.45, 7) is 3.74. The van der Waals surface area contributed by atoms with Crippen molar-refractivity contribution in [3.05, 3.63) is 41.1 Å². The number of rotatable bonds is 4. The molecule has 0 spiro atoms. The van der Waals surface area contributed by atoms with Crippen LogP contribution in [0.1, 0.15) is 31.3 Å². The molecule has 5 nitrogen and oxygen atoms in total. The van der Waals surface area contributed by atoms with Crippen LogP contribution in [0.2, 0.25) is 0 Å². The molecule has 0 bridgehead atoms. The first kappa shape index (κ1) is 21.0. The number of anilines is 2. The van der Waals surface area contributed by atoms with Gasteiger partial charge in [-0.3, -0.25) is 4.79 Å².